The lowest BCUT2D eigenvalue weighted by atomic mass is 10.1. The van der Waals surface area contributed by atoms with Crippen LogP contribution < -0.4 is 5.32 Å². The molecule has 0 amide bonds. The van der Waals surface area contributed by atoms with Crippen molar-refractivity contribution in [1.29, 1.82) is 0 Å². The molecule has 0 radical (unpaired) electrons. The minimum atomic E-state index is -0.445. The number of rotatable bonds is 5. The highest BCUT2D eigenvalue weighted by Gasteiger charge is 2.30. The van der Waals surface area contributed by atoms with Gasteiger partial charge in [0.05, 0.1) is 24.4 Å². The zero-order valence-corrected chi connectivity index (χ0v) is 18.8. The first-order valence-electron chi connectivity index (χ1n) is 9.09. The van der Waals surface area contributed by atoms with E-state index in [0.717, 1.165) is 22.4 Å². The number of fused-ring (bicyclic) bond motifs is 1. The molecule has 0 saturated carbocycles. The summed E-state index contributed by atoms with van der Waals surface area (Å²) in [5, 5.41) is 20.2. The van der Waals surface area contributed by atoms with Crippen LogP contribution in [0.1, 0.15) is 34.0 Å². The molecule has 0 saturated heterocycles. The molecule has 0 aliphatic heterocycles. The van der Waals surface area contributed by atoms with E-state index in [1.54, 1.807) is 16.8 Å². The summed E-state index contributed by atoms with van der Waals surface area (Å²) in [4.78, 5) is 0. The van der Waals surface area contributed by atoms with Gasteiger partial charge >= 0.3 is 0 Å². The Morgan fingerprint density at radius 1 is 1.17 bits per heavy atom. The number of aromatic nitrogens is 2. The molecule has 1 aromatic heterocycles. The summed E-state index contributed by atoms with van der Waals surface area (Å²) in [6.45, 7) is 2.92. The molecule has 2 atom stereocenters. The van der Waals surface area contributed by atoms with Gasteiger partial charge in [0.1, 0.15) is 5.15 Å². The molecule has 8 heteroatoms. The van der Waals surface area contributed by atoms with Crippen LogP contribution in [0.25, 0.3) is 0 Å². The highest BCUT2D eigenvalue weighted by Crippen LogP contribution is 2.32. The van der Waals surface area contributed by atoms with Crippen LogP contribution in [0.4, 0.5) is 0 Å². The molecule has 4 rings (SSSR count). The van der Waals surface area contributed by atoms with Crippen LogP contribution >= 0.6 is 47.2 Å². The van der Waals surface area contributed by atoms with Crippen LogP contribution in [0.3, 0.4) is 0 Å². The first-order chi connectivity index (χ1) is 13.4. The maximum atomic E-state index is 10.4. The molecule has 4 nitrogen and oxygen atoms in total. The van der Waals surface area contributed by atoms with E-state index >= 15 is 0 Å². The molecular weight excluding hydrogens is 452 g/mol. The van der Waals surface area contributed by atoms with Gasteiger partial charge in [0.2, 0.25) is 0 Å². The minimum Gasteiger partial charge on any atom is -0.391 e. The van der Waals surface area contributed by atoms with Gasteiger partial charge in [0.15, 0.2) is 0 Å². The fourth-order valence-electron chi connectivity index (χ4n) is 3.74. The Kier molecular flexibility index (Phi) is 7.15. The van der Waals surface area contributed by atoms with Gasteiger partial charge in [-0.15, -0.1) is 12.4 Å². The van der Waals surface area contributed by atoms with Crippen molar-refractivity contribution in [3.63, 3.8) is 0 Å². The normalized spacial score (nSPS) is 17.8. The number of benzene rings is 2. The van der Waals surface area contributed by atoms with Crippen LogP contribution in [0.5, 0.6) is 0 Å². The Morgan fingerprint density at radius 2 is 1.93 bits per heavy atom. The summed E-state index contributed by atoms with van der Waals surface area (Å²) < 4.78 is 1.74. The topological polar surface area (TPSA) is 50.1 Å². The fourth-order valence-corrected chi connectivity index (χ4v) is 4.51. The molecule has 2 aromatic carbocycles. The highest BCUT2D eigenvalue weighted by atomic mass is 35.5. The Labute approximate surface area is 191 Å². The van der Waals surface area contributed by atoms with Gasteiger partial charge in [0.25, 0.3) is 0 Å². The van der Waals surface area contributed by atoms with Gasteiger partial charge in [-0.2, -0.15) is 5.10 Å². The molecule has 1 aliphatic rings. The zero-order chi connectivity index (χ0) is 19.8. The average Bonchev–Trinajstić information content (AvgIpc) is 3.11. The molecule has 2 N–H and O–H groups in total. The molecule has 0 unspecified atom stereocenters. The van der Waals surface area contributed by atoms with E-state index in [4.69, 9.17) is 34.8 Å². The SMILES string of the molecule is Cc1nn(Cc2ccc(Cl)cc2Cl)c(Cl)c1CN[C@@H]1c2ccccc2C[C@@H]1O.Cl. The summed E-state index contributed by atoms with van der Waals surface area (Å²) >= 11 is 18.9. The van der Waals surface area contributed by atoms with Gasteiger partial charge in [-0.05, 0) is 35.7 Å². The van der Waals surface area contributed by atoms with Crippen molar-refractivity contribution in [2.75, 3.05) is 0 Å². The Morgan fingerprint density at radius 3 is 2.69 bits per heavy atom. The number of nitrogens with one attached hydrogen (secondary N) is 1. The number of halogens is 4. The molecule has 154 valence electrons. The zero-order valence-electron chi connectivity index (χ0n) is 15.7. The second-order valence-electron chi connectivity index (χ2n) is 7.08. The summed E-state index contributed by atoms with van der Waals surface area (Å²) in [5.41, 5.74) is 4.99. The second-order valence-corrected chi connectivity index (χ2v) is 8.28. The predicted octanol–water partition coefficient (Wildman–Crippen LogP) is 5.37. The van der Waals surface area contributed by atoms with E-state index in [2.05, 4.69) is 22.5 Å². The van der Waals surface area contributed by atoms with Gasteiger partial charge in [-0.25, -0.2) is 4.68 Å². The van der Waals surface area contributed by atoms with E-state index in [0.29, 0.717) is 34.7 Å². The molecule has 0 bridgehead atoms. The van der Waals surface area contributed by atoms with Gasteiger partial charge in [-0.1, -0.05) is 65.1 Å². The molecule has 1 heterocycles. The average molecular weight is 473 g/mol. The third-order valence-corrected chi connectivity index (χ3v) is 6.23. The largest absolute Gasteiger partial charge is 0.391 e. The van der Waals surface area contributed by atoms with Crippen LogP contribution in [-0.4, -0.2) is 21.0 Å². The number of nitrogens with zero attached hydrogens (tertiary/aromatic N) is 2. The van der Waals surface area contributed by atoms with Crippen molar-refractivity contribution >= 4 is 47.2 Å². The standard InChI is InChI=1S/C21H20Cl3N3O.ClH/c1-12-17(10-25-20-16-5-3-2-4-13(16)8-19(20)28)21(24)27(26-12)11-14-6-7-15(22)9-18(14)23;/h2-7,9,19-20,25,28H,8,10-11H2,1H3;1H/t19-,20+;/m0./s1. The van der Waals surface area contributed by atoms with Crippen LogP contribution in [0, 0.1) is 6.92 Å². The fraction of sp³-hybridized carbons (Fsp3) is 0.286. The smallest absolute Gasteiger partial charge is 0.132 e. The van der Waals surface area contributed by atoms with E-state index < -0.39 is 6.10 Å². The number of aryl methyl sites for hydroxylation is 1. The first-order valence-corrected chi connectivity index (χ1v) is 10.2. The number of aliphatic hydroxyl groups is 1. The molecule has 3 aromatic rings. The van der Waals surface area contributed by atoms with E-state index in [9.17, 15) is 5.11 Å². The van der Waals surface area contributed by atoms with Crippen molar-refractivity contribution < 1.29 is 5.11 Å². The Balaban J connectivity index is 0.00000240. The quantitative estimate of drug-likeness (QED) is 0.524. The molecule has 0 spiro atoms. The Hall–Kier alpha value is -1.27. The van der Waals surface area contributed by atoms with Crippen molar-refractivity contribution in [1.82, 2.24) is 15.1 Å². The second kappa shape index (κ2) is 9.25. The van der Waals surface area contributed by atoms with Gasteiger partial charge in [-0.3, -0.25) is 0 Å². The third kappa shape index (κ3) is 4.58. The van der Waals surface area contributed by atoms with Gasteiger partial charge in [0, 0.05) is 28.6 Å². The van der Waals surface area contributed by atoms with E-state index in [1.165, 1.54) is 5.56 Å². The van der Waals surface area contributed by atoms with Crippen molar-refractivity contribution in [2.24, 2.45) is 0 Å². The van der Waals surface area contributed by atoms with E-state index in [-0.39, 0.29) is 18.4 Å². The maximum Gasteiger partial charge on any atom is 0.132 e. The Bertz CT molecular complexity index is 1020. The van der Waals surface area contributed by atoms with Crippen LogP contribution in [0.15, 0.2) is 42.5 Å². The first kappa shape index (κ1) is 22.4. The summed E-state index contributed by atoms with van der Waals surface area (Å²) in [5.74, 6) is 0. The monoisotopic (exact) mass is 471 g/mol. The minimum absolute atomic E-state index is 0. The number of hydrogen-bond acceptors (Lipinski definition) is 3. The number of aliphatic hydroxyl groups excluding tert-OH is 1. The summed E-state index contributed by atoms with van der Waals surface area (Å²) in [6.07, 6.45) is 0.217. The lowest BCUT2D eigenvalue weighted by molar-refractivity contribution is 0.140. The third-order valence-electron chi connectivity index (χ3n) is 5.22. The maximum absolute atomic E-state index is 10.4. The predicted molar refractivity (Wildman–Crippen MR) is 121 cm³/mol. The van der Waals surface area contributed by atoms with Gasteiger partial charge < -0.3 is 10.4 Å². The van der Waals surface area contributed by atoms with Crippen LogP contribution in [0.2, 0.25) is 15.2 Å². The highest BCUT2D eigenvalue weighted by molar-refractivity contribution is 6.35. The molecular formula is C21H21Cl4N3O. The van der Waals surface area contributed by atoms with E-state index in [1.807, 2.05) is 25.1 Å². The lowest BCUT2D eigenvalue weighted by Gasteiger charge is -2.18. The van der Waals surface area contributed by atoms with Crippen molar-refractivity contribution in [3.8, 4) is 0 Å². The summed E-state index contributed by atoms with van der Waals surface area (Å²) in [7, 11) is 0. The lowest BCUT2D eigenvalue weighted by Crippen LogP contribution is -2.28. The number of hydrogen-bond donors (Lipinski definition) is 2. The molecule has 29 heavy (non-hydrogen) atoms. The molecule has 0 fully saturated rings. The molecule has 1 aliphatic carbocycles. The van der Waals surface area contributed by atoms with Crippen LogP contribution in [-0.2, 0) is 19.5 Å². The van der Waals surface area contributed by atoms with Crippen molar-refractivity contribution in [2.45, 2.75) is 38.6 Å². The van der Waals surface area contributed by atoms with Crippen molar-refractivity contribution in [3.05, 3.63) is 85.6 Å². The summed E-state index contributed by atoms with van der Waals surface area (Å²) in [6, 6.07) is 13.4.